The van der Waals surface area contributed by atoms with Crippen molar-refractivity contribution in [1.82, 2.24) is 10.2 Å². The van der Waals surface area contributed by atoms with Crippen molar-refractivity contribution >= 4 is 28.9 Å². The average Bonchev–Trinajstić information content (AvgIpc) is 2.62. The lowest BCUT2D eigenvalue weighted by atomic mass is 10.1. The van der Waals surface area contributed by atoms with Gasteiger partial charge in [-0.2, -0.15) is 0 Å². The first-order chi connectivity index (χ1) is 12.7. The summed E-state index contributed by atoms with van der Waals surface area (Å²) in [6.07, 6.45) is -4.72. The van der Waals surface area contributed by atoms with Gasteiger partial charge in [0.05, 0.1) is 0 Å². The predicted octanol–water partition coefficient (Wildman–Crippen LogP) is 3.77. The maximum absolute atomic E-state index is 12.2. The van der Waals surface area contributed by atoms with Crippen LogP contribution >= 0.6 is 12.2 Å². The van der Waals surface area contributed by atoms with Gasteiger partial charge >= 0.3 is 6.36 Å². The largest absolute Gasteiger partial charge is 0.573 e. The van der Waals surface area contributed by atoms with Crippen LogP contribution in [0.15, 0.2) is 48.5 Å². The van der Waals surface area contributed by atoms with Gasteiger partial charge in [0.15, 0.2) is 5.11 Å². The third-order valence-electron chi connectivity index (χ3n) is 3.55. The summed E-state index contributed by atoms with van der Waals surface area (Å²) in [5, 5.41) is 5.90. The minimum atomic E-state index is -4.72. The molecule has 0 saturated heterocycles. The standard InChI is InChI=1S/C18H18F3N3O2S/c1-22-16(25)13-5-3-12(4-6-13)11-24(2)17(27)23-14-7-9-15(10-8-14)26-18(19,20)21/h3-10H,11H2,1-2H3,(H,22,25)(H,23,27). The van der Waals surface area contributed by atoms with Crippen molar-refractivity contribution in [3.05, 3.63) is 59.7 Å². The normalized spacial score (nSPS) is 10.9. The molecule has 0 bridgehead atoms. The topological polar surface area (TPSA) is 53.6 Å². The molecule has 5 nitrogen and oxygen atoms in total. The van der Waals surface area contributed by atoms with Crippen molar-refractivity contribution in [1.29, 1.82) is 0 Å². The Hall–Kier alpha value is -2.81. The van der Waals surface area contributed by atoms with E-state index in [1.807, 2.05) is 12.1 Å². The molecule has 0 atom stereocenters. The number of benzene rings is 2. The second kappa shape index (κ2) is 8.72. The van der Waals surface area contributed by atoms with E-state index in [0.29, 0.717) is 22.9 Å². The Morgan fingerprint density at radius 2 is 1.70 bits per heavy atom. The highest BCUT2D eigenvalue weighted by Crippen LogP contribution is 2.24. The molecule has 9 heteroatoms. The van der Waals surface area contributed by atoms with Crippen LogP contribution in [0, 0.1) is 0 Å². The van der Waals surface area contributed by atoms with Crippen molar-refractivity contribution in [2.75, 3.05) is 19.4 Å². The van der Waals surface area contributed by atoms with Crippen LogP contribution in [-0.2, 0) is 6.54 Å². The van der Waals surface area contributed by atoms with E-state index in [1.54, 1.807) is 31.1 Å². The lowest BCUT2D eigenvalue weighted by molar-refractivity contribution is -0.274. The Morgan fingerprint density at radius 1 is 1.11 bits per heavy atom. The van der Waals surface area contributed by atoms with Gasteiger partial charge in [0.1, 0.15) is 5.75 Å². The highest BCUT2D eigenvalue weighted by atomic mass is 32.1. The van der Waals surface area contributed by atoms with E-state index in [0.717, 1.165) is 5.56 Å². The number of hydrogen-bond acceptors (Lipinski definition) is 3. The quantitative estimate of drug-likeness (QED) is 0.753. The summed E-state index contributed by atoms with van der Waals surface area (Å²) in [6, 6.07) is 12.4. The SMILES string of the molecule is CNC(=O)c1ccc(CN(C)C(=S)Nc2ccc(OC(F)(F)F)cc2)cc1. The number of carbonyl (C=O) groups excluding carboxylic acids is 1. The molecule has 2 N–H and O–H groups in total. The molecule has 0 saturated carbocycles. The molecular weight excluding hydrogens is 379 g/mol. The number of amides is 1. The smallest absolute Gasteiger partial charge is 0.406 e. The number of hydrogen-bond donors (Lipinski definition) is 2. The van der Waals surface area contributed by atoms with Gasteiger partial charge in [-0.25, -0.2) is 0 Å². The number of rotatable bonds is 5. The predicted molar refractivity (Wildman–Crippen MR) is 101 cm³/mol. The number of nitrogens with zero attached hydrogens (tertiary/aromatic N) is 1. The van der Waals surface area contributed by atoms with Crippen LogP contribution in [0.3, 0.4) is 0 Å². The van der Waals surface area contributed by atoms with Crippen molar-refractivity contribution in [2.24, 2.45) is 0 Å². The lowest BCUT2D eigenvalue weighted by Gasteiger charge is -2.21. The third-order valence-corrected chi connectivity index (χ3v) is 3.96. The second-order valence-corrected chi connectivity index (χ2v) is 6.02. The molecule has 2 aromatic carbocycles. The summed E-state index contributed by atoms with van der Waals surface area (Å²) >= 11 is 5.30. The molecule has 1 amide bonds. The molecule has 2 aromatic rings. The summed E-state index contributed by atoms with van der Waals surface area (Å²) < 4.78 is 40.3. The third kappa shape index (κ3) is 6.45. The van der Waals surface area contributed by atoms with E-state index in [4.69, 9.17) is 12.2 Å². The molecule has 0 aromatic heterocycles. The molecule has 27 heavy (non-hydrogen) atoms. The number of halogens is 3. The number of alkyl halides is 3. The first kappa shape index (κ1) is 20.5. The molecule has 0 radical (unpaired) electrons. The van der Waals surface area contributed by atoms with Crippen LogP contribution < -0.4 is 15.4 Å². The van der Waals surface area contributed by atoms with Gasteiger partial charge in [0.2, 0.25) is 0 Å². The van der Waals surface area contributed by atoms with E-state index in [-0.39, 0.29) is 11.7 Å². The van der Waals surface area contributed by atoms with Gasteiger partial charge in [0, 0.05) is 31.9 Å². The number of carbonyl (C=O) groups is 1. The summed E-state index contributed by atoms with van der Waals surface area (Å²) in [6.45, 7) is 0.495. The fourth-order valence-electron chi connectivity index (χ4n) is 2.21. The molecule has 0 spiro atoms. The average molecular weight is 397 g/mol. The minimum absolute atomic E-state index is 0.162. The van der Waals surface area contributed by atoms with Crippen molar-refractivity contribution in [3.63, 3.8) is 0 Å². The maximum atomic E-state index is 12.2. The molecule has 0 heterocycles. The van der Waals surface area contributed by atoms with E-state index < -0.39 is 6.36 Å². The van der Waals surface area contributed by atoms with Crippen molar-refractivity contribution in [2.45, 2.75) is 12.9 Å². The van der Waals surface area contributed by atoms with Gasteiger partial charge in [-0.1, -0.05) is 12.1 Å². The highest BCUT2D eigenvalue weighted by Gasteiger charge is 2.30. The molecule has 0 unspecified atom stereocenters. The Labute approximate surface area is 160 Å². The van der Waals surface area contributed by atoms with Crippen LogP contribution in [0.4, 0.5) is 18.9 Å². The fourth-order valence-corrected chi connectivity index (χ4v) is 2.39. The van der Waals surface area contributed by atoms with Crippen molar-refractivity contribution in [3.8, 4) is 5.75 Å². The van der Waals surface area contributed by atoms with Crippen LogP contribution in [0.2, 0.25) is 0 Å². The molecule has 0 aliphatic heterocycles. The zero-order valence-corrected chi connectivity index (χ0v) is 15.4. The van der Waals surface area contributed by atoms with Gasteiger partial charge in [-0.05, 0) is 54.2 Å². The highest BCUT2D eigenvalue weighted by molar-refractivity contribution is 7.80. The Balaban J connectivity index is 1.92. The van der Waals surface area contributed by atoms with Crippen LogP contribution in [-0.4, -0.2) is 36.4 Å². The minimum Gasteiger partial charge on any atom is -0.406 e. The zero-order valence-electron chi connectivity index (χ0n) is 14.6. The fraction of sp³-hybridized carbons (Fsp3) is 0.222. The van der Waals surface area contributed by atoms with Gasteiger partial charge in [0.25, 0.3) is 5.91 Å². The molecular formula is C18H18F3N3O2S. The molecule has 0 aliphatic rings. The number of thiocarbonyl (C=S) groups is 1. The van der Waals surface area contributed by atoms with E-state index in [2.05, 4.69) is 15.4 Å². The number of anilines is 1. The molecule has 144 valence electrons. The van der Waals surface area contributed by atoms with Crippen LogP contribution in [0.25, 0.3) is 0 Å². The maximum Gasteiger partial charge on any atom is 0.573 e. The van der Waals surface area contributed by atoms with Crippen LogP contribution in [0.5, 0.6) is 5.75 Å². The number of ether oxygens (including phenoxy) is 1. The van der Waals surface area contributed by atoms with Gasteiger partial charge < -0.3 is 20.3 Å². The molecule has 2 rings (SSSR count). The number of nitrogens with one attached hydrogen (secondary N) is 2. The Bertz CT molecular complexity index is 793. The molecule has 0 fully saturated rings. The van der Waals surface area contributed by atoms with Crippen molar-refractivity contribution < 1.29 is 22.7 Å². The summed E-state index contributed by atoms with van der Waals surface area (Å²) in [5.41, 5.74) is 2.05. The first-order valence-corrected chi connectivity index (χ1v) is 8.28. The molecule has 0 aliphatic carbocycles. The van der Waals surface area contributed by atoms with E-state index >= 15 is 0 Å². The lowest BCUT2D eigenvalue weighted by Crippen LogP contribution is -2.30. The van der Waals surface area contributed by atoms with Gasteiger partial charge in [-0.15, -0.1) is 13.2 Å². The Morgan fingerprint density at radius 3 is 2.22 bits per heavy atom. The summed E-state index contributed by atoms with van der Waals surface area (Å²) in [4.78, 5) is 13.3. The van der Waals surface area contributed by atoms with Gasteiger partial charge in [-0.3, -0.25) is 4.79 Å². The summed E-state index contributed by atoms with van der Waals surface area (Å²) in [7, 11) is 3.35. The van der Waals surface area contributed by atoms with Crippen LogP contribution in [0.1, 0.15) is 15.9 Å². The van der Waals surface area contributed by atoms with E-state index in [1.165, 1.54) is 24.3 Å². The Kier molecular flexibility index (Phi) is 6.62. The zero-order chi connectivity index (χ0) is 20.0. The second-order valence-electron chi connectivity index (χ2n) is 5.63. The first-order valence-electron chi connectivity index (χ1n) is 7.87. The monoisotopic (exact) mass is 397 g/mol. The summed E-state index contributed by atoms with van der Waals surface area (Å²) in [5.74, 6) is -0.464. The van der Waals surface area contributed by atoms with E-state index in [9.17, 15) is 18.0 Å².